The number of benzene rings is 7. The van der Waals surface area contributed by atoms with Gasteiger partial charge in [-0.05, 0) is 56.9 Å². The largest absolute Gasteiger partial charge is 0.455 e. The van der Waals surface area contributed by atoms with Crippen molar-refractivity contribution >= 4 is 65.4 Å². The van der Waals surface area contributed by atoms with Gasteiger partial charge in [0.15, 0.2) is 0 Å². The average molecular weight is 511 g/mol. The Bertz CT molecular complexity index is 2260. The third-order valence-electron chi connectivity index (χ3n) is 8.27. The van der Waals surface area contributed by atoms with Crippen LogP contribution in [0.5, 0.6) is 0 Å². The monoisotopic (exact) mass is 510 g/mol. The quantitative estimate of drug-likeness (QED) is 0.216. The van der Waals surface area contributed by atoms with Gasteiger partial charge in [0.1, 0.15) is 22.3 Å². The van der Waals surface area contributed by atoms with Gasteiger partial charge < -0.3 is 8.83 Å². The van der Waals surface area contributed by atoms with Crippen LogP contribution >= 0.6 is 0 Å². The SMILES string of the molecule is c1cc(-c2cccc3c2oc2ccccc23)c2cc3cccc(-c4cccc5c4oc4ccccc45)c3cc2c1. The van der Waals surface area contributed by atoms with Crippen molar-refractivity contribution in [3.63, 3.8) is 0 Å². The number of hydrogen-bond donors (Lipinski definition) is 0. The van der Waals surface area contributed by atoms with Crippen molar-refractivity contribution in [1.82, 2.24) is 0 Å². The predicted molar refractivity (Wildman–Crippen MR) is 167 cm³/mol. The Morgan fingerprint density at radius 2 is 0.700 bits per heavy atom. The van der Waals surface area contributed by atoms with Gasteiger partial charge in [0.05, 0.1) is 0 Å². The molecule has 40 heavy (non-hydrogen) atoms. The van der Waals surface area contributed by atoms with Gasteiger partial charge in [-0.25, -0.2) is 0 Å². The second-order valence-corrected chi connectivity index (χ2v) is 10.5. The standard InChI is InChI=1S/C38H22O2/c1-3-19-35-27(11-1)31-17-7-15-29(37(31)39-35)25-13-5-9-23-22-34-24(21-33(23)25)10-6-14-26(34)30-16-8-18-32-28-12-2-4-20-36(28)40-38(30)32/h1-22H. The summed E-state index contributed by atoms with van der Waals surface area (Å²) in [5.41, 5.74) is 8.27. The third kappa shape index (κ3) is 2.99. The maximum absolute atomic E-state index is 6.41. The highest BCUT2D eigenvalue weighted by Gasteiger charge is 2.17. The van der Waals surface area contributed by atoms with Crippen LogP contribution in [0.15, 0.2) is 142 Å². The molecule has 186 valence electrons. The fourth-order valence-electron chi connectivity index (χ4n) is 6.44. The van der Waals surface area contributed by atoms with Crippen LogP contribution in [-0.2, 0) is 0 Å². The van der Waals surface area contributed by atoms with Crippen molar-refractivity contribution in [3.05, 3.63) is 133 Å². The second kappa shape index (κ2) is 8.08. The van der Waals surface area contributed by atoms with E-state index in [0.717, 1.165) is 55.0 Å². The maximum atomic E-state index is 6.41. The van der Waals surface area contributed by atoms with Crippen molar-refractivity contribution in [3.8, 4) is 22.3 Å². The van der Waals surface area contributed by atoms with Crippen LogP contribution in [0.4, 0.5) is 0 Å². The molecule has 2 nitrogen and oxygen atoms in total. The number of para-hydroxylation sites is 4. The van der Waals surface area contributed by atoms with Crippen molar-refractivity contribution in [2.45, 2.75) is 0 Å². The van der Waals surface area contributed by atoms with Crippen molar-refractivity contribution in [1.29, 1.82) is 0 Å². The Kier molecular flexibility index (Phi) is 4.36. The number of furan rings is 2. The molecular weight excluding hydrogens is 488 g/mol. The summed E-state index contributed by atoms with van der Waals surface area (Å²) in [6.45, 7) is 0. The smallest absolute Gasteiger partial charge is 0.143 e. The molecule has 0 N–H and O–H groups in total. The van der Waals surface area contributed by atoms with E-state index in [-0.39, 0.29) is 0 Å². The van der Waals surface area contributed by atoms with Crippen LogP contribution in [-0.4, -0.2) is 0 Å². The van der Waals surface area contributed by atoms with Crippen LogP contribution in [0.3, 0.4) is 0 Å². The highest BCUT2D eigenvalue weighted by molar-refractivity contribution is 6.16. The summed E-state index contributed by atoms with van der Waals surface area (Å²) in [6.07, 6.45) is 0. The molecule has 2 aromatic heterocycles. The number of rotatable bonds is 2. The van der Waals surface area contributed by atoms with E-state index >= 15 is 0 Å². The molecule has 0 aliphatic rings. The van der Waals surface area contributed by atoms with Gasteiger partial charge in [-0.3, -0.25) is 0 Å². The van der Waals surface area contributed by atoms with Gasteiger partial charge in [0, 0.05) is 32.7 Å². The Labute approximate surface area is 229 Å². The van der Waals surface area contributed by atoms with Crippen LogP contribution in [0.25, 0.3) is 87.7 Å². The fraction of sp³-hybridized carbons (Fsp3) is 0. The predicted octanol–water partition coefficient (Wildman–Crippen LogP) is 11.1. The molecule has 2 heterocycles. The molecule has 0 aliphatic carbocycles. The van der Waals surface area contributed by atoms with Gasteiger partial charge >= 0.3 is 0 Å². The molecule has 9 rings (SSSR count). The zero-order valence-electron chi connectivity index (χ0n) is 21.5. The molecular formula is C38H22O2. The summed E-state index contributed by atoms with van der Waals surface area (Å²) < 4.78 is 12.8. The molecule has 0 radical (unpaired) electrons. The zero-order chi connectivity index (χ0) is 26.2. The number of hydrogen-bond acceptors (Lipinski definition) is 2. The Morgan fingerprint density at radius 1 is 0.300 bits per heavy atom. The van der Waals surface area contributed by atoms with Gasteiger partial charge in [-0.15, -0.1) is 0 Å². The maximum Gasteiger partial charge on any atom is 0.143 e. The molecule has 0 bridgehead atoms. The highest BCUT2D eigenvalue weighted by Crippen LogP contribution is 2.42. The summed E-state index contributed by atoms with van der Waals surface area (Å²) >= 11 is 0. The summed E-state index contributed by atoms with van der Waals surface area (Å²) in [7, 11) is 0. The molecule has 0 saturated carbocycles. The lowest BCUT2D eigenvalue weighted by atomic mass is 9.91. The highest BCUT2D eigenvalue weighted by atomic mass is 16.3. The van der Waals surface area contributed by atoms with E-state index in [9.17, 15) is 0 Å². The molecule has 9 aromatic rings. The fourth-order valence-corrected chi connectivity index (χ4v) is 6.44. The average Bonchev–Trinajstić information content (AvgIpc) is 3.58. The van der Waals surface area contributed by atoms with Gasteiger partial charge in [0.2, 0.25) is 0 Å². The van der Waals surface area contributed by atoms with Crippen molar-refractivity contribution < 1.29 is 8.83 Å². The Morgan fingerprint density at radius 3 is 1.20 bits per heavy atom. The first-order chi connectivity index (χ1) is 19.8. The van der Waals surface area contributed by atoms with Crippen LogP contribution in [0, 0.1) is 0 Å². The molecule has 0 fully saturated rings. The van der Waals surface area contributed by atoms with E-state index in [4.69, 9.17) is 8.83 Å². The summed E-state index contributed by atoms with van der Waals surface area (Å²) in [4.78, 5) is 0. The van der Waals surface area contributed by atoms with Gasteiger partial charge in [-0.1, -0.05) is 109 Å². The summed E-state index contributed by atoms with van der Waals surface area (Å²) in [5, 5.41) is 9.40. The van der Waals surface area contributed by atoms with E-state index in [1.165, 1.54) is 32.7 Å². The molecule has 0 unspecified atom stereocenters. The van der Waals surface area contributed by atoms with E-state index in [2.05, 4.69) is 109 Å². The lowest BCUT2D eigenvalue weighted by Gasteiger charge is -2.12. The second-order valence-electron chi connectivity index (χ2n) is 10.5. The molecule has 2 heteroatoms. The van der Waals surface area contributed by atoms with E-state index in [1.54, 1.807) is 0 Å². The Hall–Kier alpha value is -5.34. The van der Waals surface area contributed by atoms with E-state index in [0.29, 0.717) is 0 Å². The van der Waals surface area contributed by atoms with Gasteiger partial charge in [0.25, 0.3) is 0 Å². The Balaban J connectivity index is 1.30. The number of fused-ring (bicyclic) bond motifs is 8. The van der Waals surface area contributed by atoms with E-state index in [1.807, 2.05) is 24.3 Å². The normalized spacial score (nSPS) is 12.0. The lowest BCUT2D eigenvalue weighted by molar-refractivity contribution is 0.669. The van der Waals surface area contributed by atoms with Crippen molar-refractivity contribution in [2.75, 3.05) is 0 Å². The van der Waals surface area contributed by atoms with Crippen LogP contribution in [0.1, 0.15) is 0 Å². The van der Waals surface area contributed by atoms with E-state index < -0.39 is 0 Å². The molecule has 0 aliphatic heterocycles. The van der Waals surface area contributed by atoms with Crippen LogP contribution < -0.4 is 0 Å². The third-order valence-corrected chi connectivity index (χ3v) is 8.27. The lowest BCUT2D eigenvalue weighted by Crippen LogP contribution is -1.86. The zero-order valence-corrected chi connectivity index (χ0v) is 21.5. The molecule has 0 atom stereocenters. The summed E-state index contributed by atoms with van der Waals surface area (Å²) in [5.74, 6) is 0. The van der Waals surface area contributed by atoms with Gasteiger partial charge in [-0.2, -0.15) is 0 Å². The molecule has 0 spiro atoms. The first kappa shape index (κ1) is 21.6. The molecule has 7 aromatic carbocycles. The molecule has 0 saturated heterocycles. The first-order valence-corrected chi connectivity index (χ1v) is 13.6. The van der Waals surface area contributed by atoms with Crippen LogP contribution in [0.2, 0.25) is 0 Å². The minimum atomic E-state index is 0.917. The molecule has 0 amide bonds. The van der Waals surface area contributed by atoms with Crippen molar-refractivity contribution in [2.24, 2.45) is 0 Å². The first-order valence-electron chi connectivity index (χ1n) is 13.6. The summed E-state index contributed by atoms with van der Waals surface area (Å²) in [6, 6.07) is 47.2. The minimum Gasteiger partial charge on any atom is -0.455 e. The minimum absolute atomic E-state index is 0.917. The topological polar surface area (TPSA) is 26.3 Å².